The molecule has 0 saturated carbocycles. The van der Waals surface area contributed by atoms with Crippen molar-refractivity contribution in [3.8, 4) is 11.4 Å². The molecule has 0 bridgehead atoms. The Balaban J connectivity index is 0.00000193. The SMILES string of the molecule is CC(C)C[C@]1(O)CN(c2ccc(C(F)(F)F)c(-c3[nH]nc4ncccc34)n2)CC[C@@H]1N.[HH].[HH]. The maximum absolute atomic E-state index is 13.8. The first-order valence-electron chi connectivity index (χ1n) is 10.2. The number of hydrogen-bond acceptors (Lipinski definition) is 6. The molecule has 1 saturated heterocycles. The minimum absolute atomic E-state index is 0. The maximum atomic E-state index is 13.8. The number of alkyl halides is 3. The van der Waals surface area contributed by atoms with Gasteiger partial charge in [-0.3, -0.25) is 5.10 Å². The fourth-order valence-corrected chi connectivity index (χ4v) is 4.28. The number of nitrogens with one attached hydrogen (secondary N) is 1. The molecular formula is C21H29F3N6O. The molecule has 10 heteroatoms. The zero-order valence-electron chi connectivity index (χ0n) is 17.3. The number of nitrogens with two attached hydrogens (primary N) is 1. The van der Waals surface area contributed by atoms with Crippen LogP contribution in [0, 0.1) is 5.92 Å². The normalized spacial score (nSPS) is 22.5. The van der Waals surface area contributed by atoms with Gasteiger partial charge in [0.05, 0.1) is 16.9 Å². The second-order valence-electron chi connectivity index (χ2n) is 8.55. The summed E-state index contributed by atoms with van der Waals surface area (Å²) in [5.41, 5.74) is 4.41. The highest BCUT2D eigenvalue weighted by Crippen LogP contribution is 2.39. The number of H-pyrrole nitrogens is 1. The molecule has 1 aliphatic heterocycles. The van der Waals surface area contributed by atoms with Gasteiger partial charge in [0.1, 0.15) is 11.5 Å². The molecule has 1 fully saturated rings. The van der Waals surface area contributed by atoms with Crippen LogP contribution in [0.15, 0.2) is 30.5 Å². The highest BCUT2D eigenvalue weighted by molar-refractivity contribution is 5.90. The number of piperidine rings is 1. The Bertz CT molecular complexity index is 1090. The van der Waals surface area contributed by atoms with E-state index in [2.05, 4.69) is 20.2 Å². The molecule has 0 aliphatic carbocycles. The number of hydrogen-bond donors (Lipinski definition) is 3. The smallest absolute Gasteiger partial charge is 0.386 e. The molecule has 0 spiro atoms. The van der Waals surface area contributed by atoms with E-state index in [0.29, 0.717) is 36.2 Å². The third kappa shape index (κ3) is 4.09. The highest BCUT2D eigenvalue weighted by atomic mass is 19.4. The second kappa shape index (κ2) is 7.76. The van der Waals surface area contributed by atoms with Gasteiger partial charge in [0.15, 0.2) is 5.65 Å². The van der Waals surface area contributed by atoms with Crippen molar-refractivity contribution in [3.05, 3.63) is 36.0 Å². The van der Waals surface area contributed by atoms with Gasteiger partial charge in [-0.15, -0.1) is 0 Å². The van der Waals surface area contributed by atoms with Crippen LogP contribution < -0.4 is 10.6 Å². The van der Waals surface area contributed by atoms with Gasteiger partial charge in [-0.2, -0.15) is 18.3 Å². The molecule has 0 radical (unpaired) electrons. The molecule has 0 unspecified atom stereocenters. The van der Waals surface area contributed by atoms with Crippen molar-refractivity contribution >= 4 is 16.9 Å². The van der Waals surface area contributed by atoms with Crippen molar-refractivity contribution in [2.45, 2.75) is 44.5 Å². The Morgan fingerprint density at radius 2 is 2.13 bits per heavy atom. The summed E-state index contributed by atoms with van der Waals surface area (Å²) in [5.74, 6) is 0.569. The number of halogens is 3. The van der Waals surface area contributed by atoms with E-state index in [1.165, 1.54) is 12.3 Å². The van der Waals surface area contributed by atoms with E-state index >= 15 is 0 Å². The molecule has 2 atom stereocenters. The Morgan fingerprint density at radius 1 is 1.35 bits per heavy atom. The Kier molecular flexibility index (Phi) is 5.38. The van der Waals surface area contributed by atoms with Crippen LogP contribution in [0.5, 0.6) is 0 Å². The average molecular weight is 438 g/mol. The summed E-state index contributed by atoms with van der Waals surface area (Å²) in [7, 11) is 0. The number of aliphatic hydroxyl groups is 1. The minimum Gasteiger partial charge on any atom is -0.386 e. The molecule has 3 aromatic rings. The minimum atomic E-state index is -4.59. The summed E-state index contributed by atoms with van der Waals surface area (Å²) < 4.78 is 41.3. The van der Waals surface area contributed by atoms with Gasteiger partial charge >= 0.3 is 6.18 Å². The summed E-state index contributed by atoms with van der Waals surface area (Å²) in [6.07, 6.45) is -2.07. The number of fused-ring (bicyclic) bond motifs is 1. The first kappa shape index (κ1) is 21.5. The third-order valence-electron chi connectivity index (χ3n) is 5.70. The maximum Gasteiger partial charge on any atom is 0.418 e. The molecule has 4 N–H and O–H groups in total. The third-order valence-corrected chi connectivity index (χ3v) is 5.70. The van der Waals surface area contributed by atoms with Gasteiger partial charge in [0, 0.05) is 33.6 Å². The van der Waals surface area contributed by atoms with Crippen molar-refractivity contribution in [2.75, 3.05) is 18.0 Å². The summed E-state index contributed by atoms with van der Waals surface area (Å²) >= 11 is 0. The van der Waals surface area contributed by atoms with Crippen LogP contribution in [0.2, 0.25) is 0 Å². The van der Waals surface area contributed by atoms with Crippen LogP contribution in [-0.4, -0.2) is 50.0 Å². The van der Waals surface area contributed by atoms with Gasteiger partial charge in [-0.25, -0.2) is 9.97 Å². The molecule has 3 aromatic heterocycles. The molecule has 1 aliphatic rings. The molecule has 0 aromatic carbocycles. The Morgan fingerprint density at radius 3 is 2.84 bits per heavy atom. The predicted molar refractivity (Wildman–Crippen MR) is 116 cm³/mol. The van der Waals surface area contributed by atoms with Gasteiger partial charge in [-0.1, -0.05) is 13.8 Å². The molecule has 31 heavy (non-hydrogen) atoms. The van der Waals surface area contributed by atoms with E-state index in [-0.39, 0.29) is 26.7 Å². The first-order chi connectivity index (χ1) is 14.6. The summed E-state index contributed by atoms with van der Waals surface area (Å²) in [4.78, 5) is 10.3. The fourth-order valence-electron chi connectivity index (χ4n) is 4.28. The van der Waals surface area contributed by atoms with Crippen molar-refractivity contribution in [1.29, 1.82) is 0 Å². The zero-order valence-corrected chi connectivity index (χ0v) is 17.3. The lowest BCUT2D eigenvalue weighted by Gasteiger charge is -2.45. The monoisotopic (exact) mass is 438 g/mol. The lowest BCUT2D eigenvalue weighted by molar-refractivity contribution is -0.137. The van der Waals surface area contributed by atoms with Crippen LogP contribution in [0.3, 0.4) is 0 Å². The van der Waals surface area contributed by atoms with Crippen LogP contribution >= 0.6 is 0 Å². The molecule has 0 amide bonds. The van der Waals surface area contributed by atoms with E-state index in [0.717, 1.165) is 6.07 Å². The van der Waals surface area contributed by atoms with Gasteiger partial charge in [0.2, 0.25) is 0 Å². The van der Waals surface area contributed by atoms with Crippen molar-refractivity contribution < 1.29 is 21.1 Å². The topological polar surface area (TPSA) is 104 Å². The van der Waals surface area contributed by atoms with E-state index in [9.17, 15) is 18.3 Å². The highest BCUT2D eigenvalue weighted by Gasteiger charge is 2.41. The largest absolute Gasteiger partial charge is 0.418 e. The average Bonchev–Trinajstić information content (AvgIpc) is 3.12. The van der Waals surface area contributed by atoms with Crippen molar-refractivity contribution in [3.63, 3.8) is 0 Å². The summed E-state index contributed by atoms with van der Waals surface area (Å²) in [6.45, 7) is 4.69. The van der Waals surface area contributed by atoms with Gasteiger partial charge in [0.25, 0.3) is 0 Å². The summed E-state index contributed by atoms with van der Waals surface area (Å²) in [5, 5.41) is 18.2. The van der Waals surface area contributed by atoms with Crippen molar-refractivity contribution in [1.82, 2.24) is 20.2 Å². The van der Waals surface area contributed by atoms with Crippen molar-refractivity contribution in [2.24, 2.45) is 11.7 Å². The second-order valence-corrected chi connectivity index (χ2v) is 8.55. The zero-order chi connectivity index (χ0) is 22.4. The molecule has 7 nitrogen and oxygen atoms in total. The van der Waals surface area contributed by atoms with E-state index in [1.807, 2.05) is 13.8 Å². The van der Waals surface area contributed by atoms with Crippen LogP contribution in [-0.2, 0) is 6.18 Å². The molecule has 4 rings (SSSR count). The van der Waals surface area contributed by atoms with E-state index < -0.39 is 23.4 Å². The fraction of sp³-hybridized carbons (Fsp3) is 0.476. The number of β-amino-alcohol motifs (C(OH)–C–C–N with tert-alkyl or cyclic N) is 1. The predicted octanol–water partition coefficient (Wildman–Crippen LogP) is 3.85. The number of aromatic nitrogens is 4. The Hall–Kier alpha value is -2.72. The number of nitrogens with zero attached hydrogens (tertiary/aromatic N) is 4. The number of rotatable bonds is 4. The van der Waals surface area contributed by atoms with E-state index in [4.69, 9.17) is 5.73 Å². The number of pyridine rings is 2. The lowest BCUT2D eigenvalue weighted by Crippen LogP contribution is -2.61. The van der Waals surface area contributed by atoms with Gasteiger partial charge < -0.3 is 15.7 Å². The lowest BCUT2D eigenvalue weighted by atomic mass is 9.81. The number of anilines is 1. The summed E-state index contributed by atoms with van der Waals surface area (Å²) in [6, 6.07) is 5.25. The first-order valence-corrected chi connectivity index (χ1v) is 10.2. The molecular weight excluding hydrogens is 409 g/mol. The molecule has 170 valence electrons. The standard InChI is InChI=1S/C21H25F3N6O.2H2/c1-12(2)10-20(31)11-30(9-7-15(20)25)16-6-5-14(21(22,23)24)18(27-16)17-13-4-3-8-26-19(13)29-28-17;;/h3-6,8,12,15,31H,7,9-11,25H2,1-2H3,(H,26,28,29);2*1H/t15-,20-;;/m0../s1. The Labute approximate surface area is 180 Å². The van der Waals surface area contributed by atoms with E-state index in [1.54, 1.807) is 17.0 Å². The van der Waals surface area contributed by atoms with Gasteiger partial charge in [-0.05, 0) is 43.0 Å². The van der Waals surface area contributed by atoms with Crippen LogP contribution in [0.4, 0.5) is 19.0 Å². The van der Waals surface area contributed by atoms with Crippen LogP contribution in [0.25, 0.3) is 22.4 Å². The quantitative estimate of drug-likeness (QED) is 0.572. The molecule has 4 heterocycles. The number of aromatic amines is 1. The van der Waals surface area contributed by atoms with Crippen LogP contribution in [0.1, 0.15) is 35.1 Å².